The van der Waals surface area contributed by atoms with E-state index in [0.29, 0.717) is 19.0 Å². The molecule has 0 atom stereocenters. The highest BCUT2D eigenvalue weighted by Gasteiger charge is 2.25. The number of nitrogens with one attached hydrogen (secondary N) is 1. The van der Waals surface area contributed by atoms with Crippen LogP contribution in [0.4, 0.5) is 0 Å². The van der Waals surface area contributed by atoms with Gasteiger partial charge in [-0.15, -0.1) is 0 Å². The number of sulfonamides is 1. The third-order valence-electron chi connectivity index (χ3n) is 1.78. The topological polar surface area (TPSA) is 49.4 Å². The third-order valence-corrected chi connectivity index (χ3v) is 3.47. The number of nitrogens with zero attached hydrogens (tertiary/aromatic N) is 1. The summed E-state index contributed by atoms with van der Waals surface area (Å²) < 4.78 is 24.3. The summed E-state index contributed by atoms with van der Waals surface area (Å²) in [5.74, 6) is 0.498. The molecule has 0 aromatic rings. The zero-order valence-corrected chi connectivity index (χ0v) is 8.39. The SMILES string of the molecule is CC(C)CN1CCNCS1(=O)=O. The lowest BCUT2D eigenvalue weighted by Crippen LogP contribution is -2.48. The van der Waals surface area contributed by atoms with Gasteiger partial charge in [0.25, 0.3) is 0 Å². The van der Waals surface area contributed by atoms with E-state index in [0.717, 1.165) is 6.54 Å². The molecule has 1 N–H and O–H groups in total. The molecule has 12 heavy (non-hydrogen) atoms. The molecular formula is C7H16N2O2S. The van der Waals surface area contributed by atoms with Gasteiger partial charge in [-0.2, -0.15) is 4.31 Å². The lowest BCUT2D eigenvalue weighted by molar-refractivity contribution is 0.348. The summed E-state index contributed by atoms with van der Waals surface area (Å²) in [6.45, 7) is 6.07. The molecule has 0 aromatic carbocycles. The lowest BCUT2D eigenvalue weighted by Gasteiger charge is -2.28. The minimum absolute atomic E-state index is 0.0969. The van der Waals surface area contributed by atoms with Crippen molar-refractivity contribution < 1.29 is 8.42 Å². The van der Waals surface area contributed by atoms with Crippen LogP contribution in [0.15, 0.2) is 0 Å². The van der Waals surface area contributed by atoms with E-state index in [-0.39, 0.29) is 5.88 Å². The van der Waals surface area contributed by atoms with Gasteiger partial charge in [0, 0.05) is 19.6 Å². The van der Waals surface area contributed by atoms with Gasteiger partial charge < -0.3 is 5.32 Å². The van der Waals surface area contributed by atoms with E-state index < -0.39 is 10.0 Å². The Morgan fingerprint density at radius 2 is 2.17 bits per heavy atom. The molecule has 1 saturated heterocycles. The van der Waals surface area contributed by atoms with Gasteiger partial charge in [0.1, 0.15) is 5.88 Å². The van der Waals surface area contributed by atoms with Crippen molar-refractivity contribution in [2.24, 2.45) is 5.92 Å². The van der Waals surface area contributed by atoms with Crippen LogP contribution in [0.1, 0.15) is 13.8 Å². The second-order valence-corrected chi connectivity index (χ2v) is 5.48. The standard InChI is InChI=1S/C7H16N2O2S/c1-7(2)5-9-4-3-8-6-12(9,10)11/h7-8H,3-6H2,1-2H3. The Hall–Kier alpha value is -0.130. The van der Waals surface area contributed by atoms with Crippen LogP contribution in [0.5, 0.6) is 0 Å². The first-order chi connectivity index (χ1) is 5.52. The van der Waals surface area contributed by atoms with Crippen molar-refractivity contribution in [3.8, 4) is 0 Å². The molecule has 0 unspecified atom stereocenters. The fraction of sp³-hybridized carbons (Fsp3) is 1.00. The van der Waals surface area contributed by atoms with E-state index >= 15 is 0 Å². The Bertz CT molecular complexity index is 236. The molecule has 1 heterocycles. The first kappa shape index (κ1) is 9.95. The Morgan fingerprint density at radius 3 is 2.67 bits per heavy atom. The summed E-state index contributed by atoms with van der Waals surface area (Å²) >= 11 is 0. The van der Waals surface area contributed by atoms with Crippen LogP contribution in [-0.4, -0.2) is 38.2 Å². The van der Waals surface area contributed by atoms with Crippen LogP contribution in [0.2, 0.25) is 0 Å². The van der Waals surface area contributed by atoms with Crippen LogP contribution in [-0.2, 0) is 10.0 Å². The van der Waals surface area contributed by atoms with Gasteiger partial charge in [0.15, 0.2) is 0 Å². The molecule has 1 aliphatic rings. The molecule has 0 radical (unpaired) electrons. The largest absolute Gasteiger partial charge is 0.301 e. The fourth-order valence-corrected chi connectivity index (χ4v) is 2.73. The maximum Gasteiger partial charge on any atom is 0.227 e. The second kappa shape index (κ2) is 3.72. The van der Waals surface area contributed by atoms with Crippen molar-refractivity contribution in [3.63, 3.8) is 0 Å². The number of hydrogen-bond acceptors (Lipinski definition) is 3. The molecule has 0 spiro atoms. The second-order valence-electron chi connectivity index (χ2n) is 3.51. The molecule has 0 aromatic heterocycles. The molecule has 0 saturated carbocycles. The summed E-state index contributed by atoms with van der Waals surface area (Å²) in [5.41, 5.74) is 0. The normalized spacial score (nSPS) is 24.6. The van der Waals surface area contributed by atoms with Crippen molar-refractivity contribution in [2.75, 3.05) is 25.5 Å². The first-order valence-electron chi connectivity index (χ1n) is 4.21. The maximum atomic E-state index is 11.4. The molecule has 0 amide bonds. The Morgan fingerprint density at radius 1 is 1.50 bits per heavy atom. The molecule has 0 aliphatic carbocycles. The highest BCUT2D eigenvalue weighted by molar-refractivity contribution is 7.89. The van der Waals surface area contributed by atoms with Crippen molar-refractivity contribution in [1.29, 1.82) is 0 Å². The fourth-order valence-electron chi connectivity index (χ4n) is 1.25. The summed E-state index contributed by atoms with van der Waals surface area (Å²) in [6.07, 6.45) is 0. The monoisotopic (exact) mass is 192 g/mol. The Labute approximate surface area is 74.0 Å². The quantitative estimate of drug-likeness (QED) is 0.661. The molecule has 4 nitrogen and oxygen atoms in total. The van der Waals surface area contributed by atoms with Gasteiger partial charge >= 0.3 is 0 Å². The Balaban J connectivity index is 2.61. The molecule has 5 heteroatoms. The smallest absolute Gasteiger partial charge is 0.227 e. The van der Waals surface area contributed by atoms with Crippen molar-refractivity contribution in [2.45, 2.75) is 13.8 Å². The molecule has 1 aliphatic heterocycles. The van der Waals surface area contributed by atoms with E-state index in [9.17, 15) is 8.42 Å². The zero-order valence-electron chi connectivity index (χ0n) is 7.58. The third kappa shape index (κ3) is 2.43. The molecular weight excluding hydrogens is 176 g/mol. The van der Waals surface area contributed by atoms with E-state index in [2.05, 4.69) is 5.32 Å². The van der Waals surface area contributed by atoms with E-state index in [4.69, 9.17) is 0 Å². The van der Waals surface area contributed by atoms with Crippen LogP contribution < -0.4 is 5.32 Å². The van der Waals surface area contributed by atoms with Gasteiger partial charge in [-0.1, -0.05) is 13.8 Å². The minimum Gasteiger partial charge on any atom is -0.301 e. The zero-order chi connectivity index (χ0) is 9.19. The van der Waals surface area contributed by atoms with E-state index in [1.54, 1.807) is 4.31 Å². The van der Waals surface area contributed by atoms with Crippen LogP contribution in [0, 0.1) is 5.92 Å². The predicted molar refractivity (Wildman–Crippen MR) is 48.2 cm³/mol. The highest BCUT2D eigenvalue weighted by atomic mass is 32.2. The minimum atomic E-state index is -3.00. The van der Waals surface area contributed by atoms with E-state index in [1.165, 1.54) is 0 Å². The maximum absolute atomic E-state index is 11.4. The Kier molecular flexibility index (Phi) is 3.09. The number of rotatable bonds is 2. The van der Waals surface area contributed by atoms with Crippen LogP contribution in [0.25, 0.3) is 0 Å². The summed E-state index contributed by atoms with van der Waals surface area (Å²) in [7, 11) is -3.00. The van der Waals surface area contributed by atoms with Crippen LogP contribution >= 0.6 is 0 Å². The van der Waals surface area contributed by atoms with Gasteiger partial charge in [0.2, 0.25) is 10.0 Å². The molecule has 0 bridgehead atoms. The van der Waals surface area contributed by atoms with Crippen molar-refractivity contribution in [3.05, 3.63) is 0 Å². The van der Waals surface area contributed by atoms with E-state index in [1.807, 2.05) is 13.8 Å². The number of hydrogen-bond donors (Lipinski definition) is 1. The van der Waals surface area contributed by atoms with Crippen molar-refractivity contribution in [1.82, 2.24) is 9.62 Å². The van der Waals surface area contributed by atoms with Gasteiger partial charge in [-0.3, -0.25) is 0 Å². The summed E-state index contributed by atoms with van der Waals surface area (Å²) in [5, 5.41) is 2.85. The molecule has 1 fully saturated rings. The predicted octanol–water partition coefficient (Wildman–Crippen LogP) is -0.165. The van der Waals surface area contributed by atoms with Gasteiger partial charge in [-0.05, 0) is 5.92 Å². The van der Waals surface area contributed by atoms with Gasteiger partial charge in [0.05, 0.1) is 0 Å². The highest BCUT2D eigenvalue weighted by Crippen LogP contribution is 2.07. The van der Waals surface area contributed by atoms with Crippen LogP contribution in [0.3, 0.4) is 0 Å². The average Bonchev–Trinajstić information content (AvgIpc) is 1.92. The lowest BCUT2D eigenvalue weighted by atomic mass is 10.2. The summed E-state index contributed by atoms with van der Waals surface area (Å²) in [6, 6.07) is 0. The van der Waals surface area contributed by atoms with Crippen molar-refractivity contribution >= 4 is 10.0 Å². The molecule has 72 valence electrons. The molecule has 1 rings (SSSR count). The van der Waals surface area contributed by atoms with Gasteiger partial charge in [-0.25, -0.2) is 8.42 Å². The summed E-state index contributed by atoms with van der Waals surface area (Å²) in [4.78, 5) is 0. The first-order valence-corrected chi connectivity index (χ1v) is 5.82. The average molecular weight is 192 g/mol.